The Morgan fingerprint density at radius 3 is 2.60 bits per heavy atom. The summed E-state index contributed by atoms with van der Waals surface area (Å²) in [7, 11) is 0. The average molecular weight is 338 g/mol. The number of aromatic hydroxyl groups is 1. The van der Waals surface area contributed by atoms with Crippen LogP contribution >= 0.6 is 0 Å². The molecular formula is C17H14N4O4. The number of carbonyl (C=O) groups is 1. The van der Waals surface area contributed by atoms with Gasteiger partial charge in [-0.2, -0.15) is 0 Å². The van der Waals surface area contributed by atoms with Crippen LogP contribution in [-0.4, -0.2) is 21.0 Å². The second-order valence-corrected chi connectivity index (χ2v) is 5.20. The molecule has 0 aliphatic carbocycles. The lowest BCUT2D eigenvalue weighted by atomic mass is 10.1. The summed E-state index contributed by atoms with van der Waals surface area (Å²) in [5.74, 6) is -0.221. The Balaban J connectivity index is 1.72. The second-order valence-electron chi connectivity index (χ2n) is 5.20. The van der Waals surface area contributed by atoms with Crippen LogP contribution in [0.3, 0.4) is 0 Å². The molecule has 0 aliphatic heterocycles. The van der Waals surface area contributed by atoms with E-state index in [1.807, 2.05) is 0 Å². The van der Waals surface area contributed by atoms with Crippen molar-refractivity contribution in [2.75, 3.05) is 0 Å². The van der Waals surface area contributed by atoms with Crippen LogP contribution in [0.2, 0.25) is 0 Å². The zero-order valence-electron chi connectivity index (χ0n) is 13.5. The number of hydrogen-bond acceptors (Lipinski definition) is 8. The summed E-state index contributed by atoms with van der Waals surface area (Å²) in [5, 5.41) is 17.7. The predicted octanol–water partition coefficient (Wildman–Crippen LogP) is 4.03. The normalized spacial score (nSPS) is 11.0. The van der Waals surface area contributed by atoms with Gasteiger partial charge < -0.3 is 14.3 Å². The van der Waals surface area contributed by atoms with E-state index in [4.69, 9.17) is 9.15 Å². The van der Waals surface area contributed by atoms with E-state index in [0.29, 0.717) is 16.8 Å². The summed E-state index contributed by atoms with van der Waals surface area (Å²) in [6.07, 6.45) is 2.73. The third-order valence-corrected chi connectivity index (χ3v) is 3.28. The molecule has 3 rings (SSSR count). The predicted molar refractivity (Wildman–Crippen MR) is 87.5 cm³/mol. The number of azo groups is 1. The first-order valence-electron chi connectivity index (χ1n) is 7.33. The molecule has 0 spiro atoms. The number of aryl methyl sites for hydroxylation is 2. The van der Waals surface area contributed by atoms with E-state index >= 15 is 0 Å². The standard InChI is InChI=1S/C17H14N4O4/c1-10-7-12(8-11(2)16(10)22)20-21-15-4-3-13(24-15)17(23)25-14-5-6-18-9-19-14/h3-9,22H,1-2H3/b21-20+. The van der Waals surface area contributed by atoms with Crippen LogP contribution in [0.25, 0.3) is 0 Å². The fraction of sp³-hybridized carbons (Fsp3) is 0.118. The number of ether oxygens (including phenoxy) is 1. The van der Waals surface area contributed by atoms with E-state index in [0.717, 1.165) is 0 Å². The van der Waals surface area contributed by atoms with Crippen LogP contribution in [0.4, 0.5) is 11.6 Å². The largest absolute Gasteiger partial charge is 0.507 e. The van der Waals surface area contributed by atoms with Gasteiger partial charge in [-0.25, -0.2) is 14.8 Å². The molecule has 0 fully saturated rings. The number of phenolic OH excluding ortho intramolecular Hbond substituents is 1. The number of nitrogens with zero attached hydrogens (tertiary/aromatic N) is 4. The van der Waals surface area contributed by atoms with E-state index in [1.54, 1.807) is 26.0 Å². The fourth-order valence-electron chi connectivity index (χ4n) is 2.07. The zero-order chi connectivity index (χ0) is 17.8. The van der Waals surface area contributed by atoms with Gasteiger partial charge in [0.1, 0.15) is 12.1 Å². The minimum absolute atomic E-state index is 0.0226. The summed E-state index contributed by atoms with van der Waals surface area (Å²) >= 11 is 0. The first-order valence-corrected chi connectivity index (χ1v) is 7.33. The van der Waals surface area contributed by atoms with Gasteiger partial charge in [0.15, 0.2) is 0 Å². The first-order chi connectivity index (χ1) is 12.0. The van der Waals surface area contributed by atoms with E-state index in [9.17, 15) is 9.90 Å². The molecule has 8 nitrogen and oxygen atoms in total. The van der Waals surface area contributed by atoms with E-state index in [2.05, 4.69) is 20.2 Å². The maximum Gasteiger partial charge on any atom is 0.381 e. The lowest BCUT2D eigenvalue weighted by Gasteiger charge is -2.03. The SMILES string of the molecule is Cc1cc(/N=N/c2ccc(C(=O)Oc3ccncn3)o2)cc(C)c1O. The maximum absolute atomic E-state index is 12.0. The van der Waals surface area contributed by atoms with Crippen molar-refractivity contribution in [2.45, 2.75) is 13.8 Å². The third kappa shape index (κ3) is 3.86. The molecule has 0 aliphatic rings. The average Bonchev–Trinajstić information content (AvgIpc) is 3.08. The zero-order valence-corrected chi connectivity index (χ0v) is 13.5. The van der Waals surface area contributed by atoms with Crippen LogP contribution in [0, 0.1) is 13.8 Å². The molecule has 2 heterocycles. The van der Waals surface area contributed by atoms with Crippen molar-refractivity contribution < 1.29 is 19.1 Å². The van der Waals surface area contributed by atoms with Gasteiger partial charge in [-0.05, 0) is 43.2 Å². The highest BCUT2D eigenvalue weighted by Gasteiger charge is 2.14. The van der Waals surface area contributed by atoms with Crippen LogP contribution < -0.4 is 4.74 Å². The van der Waals surface area contributed by atoms with E-state index in [-0.39, 0.29) is 23.3 Å². The van der Waals surface area contributed by atoms with Crippen molar-refractivity contribution in [3.05, 3.63) is 59.7 Å². The fourth-order valence-corrected chi connectivity index (χ4v) is 2.07. The molecule has 2 aromatic heterocycles. The molecule has 1 N–H and O–H groups in total. The molecule has 0 radical (unpaired) electrons. The highest BCUT2D eigenvalue weighted by atomic mass is 16.6. The van der Waals surface area contributed by atoms with Crippen LogP contribution in [0.5, 0.6) is 11.6 Å². The molecule has 0 atom stereocenters. The van der Waals surface area contributed by atoms with Crippen molar-refractivity contribution in [1.29, 1.82) is 0 Å². The Bertz CT molecular complexity index is 912. The van der Waals surface area contributed by atoms with Crippen molar-refractivity contribution in [1.82, 2.24) is 9.97 Å². The molecule has 0 bridgehead atoms. The van der Waals surface area contributed by atoms with E-state index < -0.39 is 5.97 Å². The second kappa shape index (κ2) is 6.91. The minimum Gasteiger partial charge on any atom is -0.507 e. The molecule has 0 saturated carbocycles. The number of benzene rings is 1. The van der Waals surface area contributed by atoms with Crippen LogP contribution in [-0.2, 0) is 0 Å². The lowest BCUT2D eigenvalue weighted by molar-refractivity contribution is 0.0694. The third-order valence-electron chi connectivity index (χ3n) is 3.28. The van der Waals surface area contributed by atoms with Gasteiger partial charge in [0.05, 0.1) is 5.69 Å². The smallest absolute Gasteiger partial charge is 0.381 e. The molecule has 0 saturated heterocycles. The topological polar surface area (TPSA) is 110 Å². The van der Waals surface area contributed by atoms with Crippen molar-refractivity contribution >= 4 is 17.5 Å². The first kappa shape index (κ1) is 16.3. The lowest BCUT2D eigenvalue weighted by Crippen LogP contribution is -2.08. The van der Waals surface area contributed by atoms with Crippen LogP contribution in [0.1, 0.15) is 21.7 Å². The number of carbonyl (C=O) groups excluding carboxylic acids is 1. The van der Waals surface area contributed by atoms with Gasteiger partial charge in [0.25, 0.3) is 0 Å². The van der Waals surface area contributed by atoms with Crippen molar-refractivity contribution in [2.24, 2.45) is 10.2 Å². The number of hydrogen-bond donors (Lipinski definition) is 1. The molecule has 3 aromatic rings. The van der Waals surface area contributed by atoms with Gasteiger partial charge in [-0.3, -0.25) is 0 Å². The Morgan fingerprint density at radius 1 is 1.16 bits per heavy atom. The Kier molecular flexibility index (Phi) is 4.51. The van der Waals surface area contributed by atoms with Crippen LogP contribution in [0.15, 0.2) is 57.5 Å². The number of phenols is 1. The summed E-state index contributed by atoms with van der Waals surface area (Å²) in [4.78, 5) is 19.5. The Labute approximate surface area is 142 Å². The Hall–Kier alpha value is -3.55. The van der Waals surface area contributed by atoms with Gasteiger partial charge in [-0.1, -0.05) is 0 Å². The summed E-state index contributed by atoms with van der Waals surface area (Å²) in [5.41, 5.74) is 1.96. The number of esters is 1. The molecular weight excluding hydrogens is 324 g/mol. The molecule has 1 aromatic carbocycles. The summed E-state index contributed by atoms with van der Waals surface area (Å²) < 4.78 is 10.3. The quantitative estimate of drug-likeness (QED) is 0.568. The monoisotopic (exact) mass is 338 g/mol. The molecule has 25 heavy (non-hydrogen) atoms. The Morgan fingerprint density at radius 2 is 1.92 bits per heavy atom. The summed E-state index contributed by atoms with van der Waals surface area (Å²) in [6.45, 7) is 3.55. The maximum atomic E-state index is 12.0. The van der Waals surface area contributed by atoms with Crippen molar-refractivity contribution in [3.8, 4) is 11.6 Å². The summed E-state index contributed by atoms with van der Waals surface area (Å²) in [6, 6.07) is 7.78. The van der Waals surface area contributed by atoms with Gasteiger partial charge >= 0.3 is 5.97 Å². The highest BCUT2D eigenvalue weighted by Crippen LogP contribution is 2.28. The van der Waals surface area contributed by atoms with Gasteiger partial charge in [-0.15, -0.1) is 10.2 Å². The van der Waals surface area contributed by atoms with Gasteiger partial charge in [0, 0.05) is 18.3 Å². The number of aromatic nitrogens is 2. The number of rotatable bonds is 4. The van der Waals surface area contributed by atoms with Gasteiger partial charge in [0.2, 0.25) is 17.5 Å². The molecule has 0 amide bonds. The number of furan rings is 1. The minimum atomic E-state index is -0.698. The van der Waals surface area contributed by atoms with E-state index in [1.165, 1.54) is 30.7 Å². The van der Waals surface area contributed by atoms with Crippen molar-refractivity contribution in [3.63, 3.8) is 0 Å². The highest BCUT2D eigenvalue weighted by molar-refractivity contribution is 5.88. The molecule has 0 unspecified atom stereocenters. The molecule has 126 valence electrons. The molecule has 8 heteroatoms.